The van der Waals surface area contributed by atoms with Gasteiger partial charge in [0.15, 0.2) is 0 Å². The maximum Gasteiger partial charge on any atom is 0.232 e. The third-order valence-corrected chi connectivity index (χ3v) is 3.22. The Bertz CT molecular complexity index is 599. The molecule has 0 saturated carbocycles. The summed E-state index contributed by atoms with van der Waals surface area (Å²) in [6, 6.07) is 7.39. The lowest BCUT2D eigenvalue weighted by molar-refractivity contribution is 0.259. The molecule has 0 atom stereocenters. The van der Waals surface area contributed by atoms with Crippen LogP contribution in [0.1, 0.15) is 40.0 Å². The molecule has 0 aliphatic rings. The number of benzene rings is 1. The normalized spacial score (nSPS) is 12.7. The molecule has 0 radical (unpaired) electrons. The van der Waals surface area contributed by atoms with E-state index in [2.05, 4.69) is 24.0 Å². The maximum atomic E-state index is 6.09. The summed E-state index contributed by atoms with van der Waals surface area (Å²) in [5.41, 5.74) is 6.36. The lowest BCUT2D eigenvalue weighted by Gasteiger charge is -2.28. The van der Waals surface area contributed by atoms with Gasteiger partial charge in [0, 0.05) is 21.5 Å². The molecule has 0 aliphatic carbocycles. The zero-order valence-corrected chi connectivity index (χ0v) is 13.0. The van der Waals surface area contributed by atoms with E-state index in [0.29, 0.717) is 16.7 Å². The average molecular weight is 294 g/mol. The van der Waals surface area contributed by atoms with Crippen LogP contribution in [0.3, 0.4) is 0 Å². The first-order chi connectivity index (χ1) is 9.17. The second kappa shape index (κ2) is 5.19. The Kier molecular flexibility index (Phi) is 3.89. The number of aromatic nitrogens is 2. The van der Waals surface area contributed by atoms with E-state index in [9.17, 15) is 0 Å². The van der Waals surface area contributed by atoms with Crippen LogP contribution in [-0.4, -0.2) is 15.7 Å². The fourth-order valence-electron chi connectivity index (χ4n) is 2.46. The average Bonchev–Trinajstić information content (AvgIpc) is 2.75. The summed E-state index contributed by atoms with van der Waals surface area (Å²) in [5.74, 6) is 1.14. The summed E-state index contributed by atoms with van der Waals surface area (Å²) in [6.07, 6.45) is 0.747. The van der Waals surface area contributed by atoms with Gasteiger partial charge in [-0.05, 0) is 32.4 Å². The van der Waals surface area contributed by atoms with E-state index in [0.717, 1.165) is 12.0 Å². The smallest absolute Gasteiger partial charge is 0.232 e. The Labute approximate surface area is 124 Å². The van der Waals surface area contributed by atoms with Crippen molar-refractivity contribution in [3.63, 3.8) is 0 Å². The van der Waals surface area contributed by atoms with Gasteiger partial charge in [-0.3, -0.25) is 0 Å². The van der Waals surface area contributed by atoms with Crippen molar-refractivity contribution < 1.29 is 4.52 Å². The minimum Gasteiger partial charge on any atom is -0.338 e. The van der Waals surface area contributed by atoms with Crippen LogP contribution in [0.15, 0.2) is 28.8 Å². The summed E-state index contributed by atoms with van der Waals surface area (Å²) >= 11 is 5.98. The van der Waals surface area contributed by atoms with E-state index >= 15 is 0 Å². The Balaban J connectivity index is 2.29. The molecule has 2 rings (SSSR count). The summed E-state index contributed by atoms with van der Waals surface area (Å²) in [7, 11) is 0. The first kappa shape index (κ1) is 15.0. The zero-order chi connectivity index (χ0) is 15.0. The molecule has 0 saturated heterocycles. The highest BCUT2D eigenvalue weighted by Crippen LogP contribution is 2.31. The second-order valence-electron chi connectivity index (χ2n) is 6.48. The lowest BCUT2D eigenvalue weighted by Crippen LogP contribution is -2.39. The van der Waals surface area contributed by atoms with Crippen molar-refractivity contribution in [3.8, 4) is 11.4 Å². The van der Waals surface area contributed by atoms with Gasteiger partial charge in [-0.2, -0.15) is 4.98 Å². The monoisotopic (exact) mass is 293 g/mol. The van der Waals surface area contributed by atoms with Gasteiger partial charge in [0.2, 0.25) is 11.7 Å². The third kappa shape index (κ3) is 3.58. The van der Waals surface area contributed by atoms with Crippen molar-refractivity contribution in [1.29, 1.82) is 0 Å². The van der Waals surface area contributed by atoms with Crippen LogP contribution in [0, 0.1) is 0 Å². The largest absolute Gasteiger partial charge is 0.338 e. The fourth-order valence-corrected chi connectivity index (χ4v) is 2.65. The topological polar surface area (TPSA) is 64.9 Å². The van der Waals surface area contributed by atoms with Crippen molar-refractivity contribution in [2.24, 2.45) is 5.73 Å². The first-order valence-corrected chi connectivity index (χ1v) is 6.94. The molecular formula is C15H20ClN3O. The Morgan fingerprint density at radius 1 is 1.25 bits per heavy atom. The predicted octanol–water partition coefficient (Wildman–Crippen LogP) is 3.80. The summed E-state index contributed by atoms with van der Waals surface area (Å²) < 4.78 is 5.41. The van der Waals surface area contributed by atoms with Gasteiger partial charge in [-0.25, -0.2) is 0 Å². The molecular weight excluding hydrogens is 274 g/mol. The van der Waals surface area contributed by atoms with Crippen molar-refractivity contribution >= 4 is 11.6 Å². The van der Waals surface area contributed by atoms with Gasteiger partial charge < -0.3 is 10.3 Å². The Hall–Kier alpha value is -1.39. The molecule has 0 unspecified atom stereocenters. The van der Waals surface area contributed by atoms with Gasteiger partial charge in [-0.1, -0.05) is 42.7 Å². The number of nitrogens with two attached hydrogens (primary N) is 1. The Morgan fingerprint density at radius 2 is 1.95 bits per heavy atom. The summed E-state index contributed by atoms with van der Waals surface area (Å²) in [5, 5.41) is 4.69. The van der Waals surface area contributed by atoms with E-state index in [1.54, 1.807) is 0 Å². The minimum atomic E-state index is -0.297. The predicted molar refractivity (Wildman–Crippen MR) is 80.7 cm³/mol. The molecule has 4 nitrogen and oxygen atoms in total. The summed E-state index contributed by atoms with van der Waals surface area (Å²) in [6.45, 7) is 8.08. The van der Waals surface area contributed by atoms with Gasteiger partial charge >= 0.3 is 0 Å². The third-order valence-electron chi connectivity index (χ3n) is 2.99. The standard InChI is InChI=1S/C15H20ClN3O/c1-14(2,9-15(3,4)17)13-18-12(19-20-13)10-6-5-7-11(16)8-10/h5-8H,9,17H2,1-4H3. The van der Waals surface area contributed by atoms with Crippen LogP contribution in [0.4, 0.5) is 0 Å². The number of halogens is 1. The van der Waals surface area contributed by atoms with E-state index in [4.69, 9.17) is 21.9 Å². The highest BCUT2D eigenvalue weighted by atomic mass is 35.5. The highest BCUT2D eigenvalue weighted by Gasteiger charge is 2.32. The van der Waals surface area contributed by atoms with Gasteiger partial charge in [0.05, 0.1) is 0 Å². The molecule has 1 heterocycles. The molecule has 1 aromatic carbocycles. The molecule has 2 aromatic rings. The van der Waals surface area contributed by atoms with E-state index in [1.807, 2.05) is 38.1 Å². The van der Waals surface area contributed by atoms with Crippen molar-refractivity contribution in [1.82, 2.24) is 10.1 Å². The molecule has 5 heteroatoms. The van der Waals surface area contributed by atoms with Crippen LogP contribution in [-0.2, 0) is 5.41 Å². The van der Waals surface area contributed by atoms with Crippen molar-refractivity contribution in [2.45, 2.75) is 45.1 Å². The van der Waals surface area contributed by atoms with E-state index < -0.39 is 0 Å². The SMILES string of the molecule is CC(C)(N)CC(C)(C)c1nc(-c2cccc(Cl)c2)no1. The van der Waals surface area contributed by atoms with Gasteiger partial charge in [-0.15, -0.1) is 0 Å². The molecule has 0 spiro atoms. The van der Waals surface area contributed by atoms with Crippen LogP contribution in [0.25, 0.3) is 11.4 Å². The van der Waals surface area contributed by atoms with Crippen LogP contribution in [0.5, 0.6) is 0 Å². The molecule has 108 valence electrons. The minimum absolute atomic E-state index is 0.276. The van der Waals surface area contributed by atoms with Gasteiger partial charge in [0.25, 0.3) is 0 Å². The number of hydrogen-bond acceptors (Lipinski definition) is 4. The van der Waals surface area contributed by atoms with Crippen molar-refractivity contribution in [2.75, 3.05) is 0 Å². The van der Waals surface area contributed by atoms with Crippen molar-refractivity contribution in [3.05, 3.63) is 35.2 Å². The quantitative estimate of drug-likeness (QED) is 0.931. The van der Waals surface area contributed by atoms with Crippen LogP contribution in [0.2, 0.25) is 5.02 Å². The number of hydrogen-bond donors (Lipinski definition) is 1. The van der Waals surface area contributed by atoms with E-state index in [-0.39, 0.29) is 11.0 Å². The molecule has 1 aromatic heterocycles. The highest BCUT2D eigenvalue weighted by molar-refractivity contribution is 6.30. The first-order valence-electron chi connectivity index (χ1n) is 6.56. The Morgan fingerprint density at radius 3 is 2.55 bits per heavy atom. The maximum absolute atomic E-state index is 6.09. The van der Waals surface area contributed by atoms with E-state index in [1.165, 1.54) is 0 Å². The molecule has 2 N–H and O–H groups in total. The molecule has 0 fully saturated rings. The molecule has 20 heavy (non-hydrogen) atoms. The zero-order valence-electron chi connectivity index (χ0n) is 12.3. The molecule has 0 aliphatic heterocycles. The van der Waals surface area contributed by atoms with Crippen LogP contribution >= 0.6 is 11.6 Å². The molecule has 0 bridgehead atoms. The second-order valence-corrected chi connectivity index (χ2v) is 6.92. The van der Waals surface area contributed by atoms with Gasteiger partial charge in [0.1, 0.15) is 0 Å². The summed E-state index contributed by atoms with van der Waals surface area (Å²) in [4.78, 5) is 4.49. The number of rotatable bonds is 4. The van der Waals surface area contributed by atoms with Crippen LogP contribution < -0.4 is 5.73 Å². The lowest BCUT2D eigenvalue weighted by atomic mass is 9.80. The number of nitrogens with zero attached hydrogens (tertiary/aromatic N) is 2. The molecule has 0 amide bonds. The fraction of sp³-hybridized carbons (Fsp3) is 0.467.